The van der Waals surface area contributed by atoms with Gasteiger partial charge in [0.2, 0.25) is 10.9 Å². The number of anilines is 1. The van der Waals surface area contributed by atoms with Crippen molar-refractivity contribution in [1.29, 1.82) is 0 Å². The lowest BCUT2D eigenvalue weighted by Gasteiger charge is -2.11. The largest absolute Gasteiger partial charge is 0.497 e. The molecular weight excluding hydrogens is 460 g/mol. The van der Waals surface area contributed by atoms with Crippen LogP contribution in [0, 0.1) is 0 Å². The second-order valence-corrected chi connectivity index (χ2v) is 8.72. The van der Waals surface area contributed by atoms with E-state index in [4.69, 9.17) is 21.1 Å². The number of benzene rings is 2. The average molecular weight is 479 g/mol. The van der Waals surface area contributed by atoms with Crippen LogP contribution in [-0.4, -0.2) is 42.0 Å². The van der Waals surface area contributed by atoms with Crippen molar-refractivity contribution >= 4 is 52.2 Å². The fraction of sp³-hybridized carbons (Fsp3) is 0.200. The molecule has 0 aliphatic carbocycles. The molecule has 2 N–H and O–H groups in total. The molecule has 2 aromatic carbocycles. The van der Waals surface area contributed by atoms with Crippen molar-refractivity contribution in [3.63, 3.8) is 0 Å². The van der Waals surface area contributed by atoms with Gasteiger partial charge in [-0.3, -0.25) is 9.59 Å². The van der Waals surface area contributed by atoms with Gasteiger partial charge in [-0.25, -0.2) is 0 Å². The summed E-state index contributed by atoms with van der Waals surface area (Å²) in [6, 6.07) is 12.2. The number of nitrogens with one attached hydrogen (secondary N) is 2. The van der Waals surface area contributed by atoms with Gasteiger partial charge in [0.1, 0.15) is 11.5 Å². The highest BCUT2D eigenvalue weighted by molar-refractivity contribution is 8.01. The molecule has 0 aliphatic heterocycles. The number of methoxy groups -OCH3 is 2. The van der Waals surface area contributed by atoms with Crippen LogP contribution in [0.2, 0.25) is 5.02 Å². The lowest BCUT2D eigenvalue weighted by Crippen LogP contribution is -2.24. The normalized spacial score (nSPS) is 10.4. The number of halogens is 1. The monoisotopic (exact) mass is 478 g/mol. The quantitative estimate of drug-likeness (QED) is 0.450. The highest BCUT2D eigenvalue weighted by Gasteiger charge is 2.15. The van der Waals surface area contributed by atoms with Crippen molar-refractivity contribution in [2.45, 2.75) is 10.9 Å². The SMILES string of the molecule is COc1ccc(OC)c(CNC(=O)CSc2nnc(C(=O)Nc3cccc(Cl)c3)s2)c1. The zero-order valence-electron chi connectivity index (χ0n) is 16.7. The van der Waals surface area contributed by atoms with Crippen LogP contribution in [0.4, 0.5) is 5.69 Å². The first-order valence-corrected chi connectivity index (χ1v) is 11.2. The Morgan fingerprint density at radius 3 is 2.71 bits per heavy atom. The molecule has 162 valence electrons. The number of carbonyl (C=O) groups is 2. The third-order valence-electron chi connectivity index (χ3n) is 3.97. The van der Waals surface area contributed by atoms with Gasteiger partial charge in [0.15, 0.2) is 4.34 Å². The van der Waals surface area contributed by atoms with Crippen LogP contribution in [0.1, 0.15) is 15.4 Å². The topological polar surface area (TPSA) is 102 Å². The van der Waals surface area contributed by atoms with Crippen LogP contribution in [0.3, 0.4) is 0 Å². The Balaban J connectivity index is 1.50. The van der Waals surface area contributed by atoms with Gasteiger partial charge in [-0.1, -0.05) is 40.8 Å². The molecular formula is C20H19ClN4O4S2. The summed E-state index contributed by atoms with van der Waals surface area (Å²) in [4.78, 5) is 24.5. The molecule has 1 aromatic heterocycles. The van der Waals surface area contributed by atoms with Crippen LogP contribution >= 0.6 is 34.7 Å². The van der Waals surface area contributed by atoms with E-state index in [9.17, 15) is 9.59 Å². The van der Waals surface area contributed by atoms with Gasteiger partial charge in [-0.05, 0) is 36.4 Å². The Labute approximate surface area is 192 Å². The summed E-state index contributed by atoms with van der Waals surface area (Å²) in [5.74, 6) is 0.901. The van der Waals surface area contributed by atoms with Crippen molar-refractivity contribution in [3.8, 4) is 11.5 Å². The number of hydrogen-bond acceptors (Lipinski definition) is 8. The molecule has 8 nitrogen and oxygen atoms in total. The van der Waals surface area contributed by atoms with E-state index in [1.807, 2.05) is 6.07 Å². The molecule has 0 fully saturated rings. The average Bonchev–Trinajstić information content (AvgIpc) is 3.25. The molecule has 0 radical (unpaired) electrons. The molecule has 3 aromatic rings. The molecule has 11 heteroatoms. The van der Waals surface area contributed by atoms with Crippen LogP contribution in [0.5, 0.6) is 11.5 Å². The first kappa shape index (κ1) is 22.9. The fourth-order valence-corrected chi connectivity index (χ4v) is 4.27. The molecule has 0 bridgehead atoms. The third kappa shape index (κ3) is 6.58. The summed E-state index contributed by atoms with van der Waals surface area (Å²) >= 11 is 8.23. The predicted molar refractivity (Wildman–Crippen MR) is 121 cm³/mol. The Hall–Kier alpha value is -2.82. The Bertz CT molecular complexity index is 1080. The maximum atomic E-state index is 12.3. The summed E-state index contributed by atoms with van der Waals surface area (Å²) in [5, 5.41) is 14.1. The van der Waals surface area contributed by atoms with Gasteiger partial charge in [0.25, 0.3) is 5.91 Å². The first-order valence-electron chi connectivity index (χ1n) is 8.99. The van der Waals surface area contributed by atoms with Gasteiger partial charge in [0, 0.05) is 22.8 Å². The van der Waals surface area contributed by atoms with E-state index in [-0.39, 0.29) is 22.6 Å². The summed E-state index contributed by atoms with van der Waals surface area (Å²) in [6.45, 7) is 0.295. The fourth-order valence-electron chi connectivity index (χ4n) is 2.50. The summed E-state index contributed by atoms with van der Waals surface area (Å²) < 4.78 is 11.0. The summed E-state index contributed by atoms with van der Waals surface area (Å²) in [5.41, 5.74) is 1.37. The molecule has 1 heterocycles. The van der Waals surface area contributed by atoms with Crippen molar-refractivity contribution in [2.75, 3.05) is 25.3 Å². The second kappa shape index (κ2) is 11.0. The maximum absolute atomic E-state index is 12.3. The number of hydrogen-bond donors (Lipinski definition) is 2. The zero-order chi connectivity index (χ0) is 22.2. The summed E-state index contributed by atoms with van der Waals surface area (Å²) in [6.07, 6.45) is 0. The molecule has 0 unspecified atom stereocenters. The first-order chi connectivity index (χ1) is 15.0. The van der Waals surface area contributed by atoms with Crippen LogP contribution < -0.4 is 20.1 Å². The number of rotatable bonds is 9. The van der Waals surface area contributed by atoms with E-state index >= 15 is 0 Å². The third-order valence-corrected chi connectivity index (χ3v) is 6.26. The minimum atomic E-state index is -0.388. The van der Waals surface area contributed by atoms with Crippen molar-refractivity contribution in [2.24, 2.45) is 0 Å². The van der Waals surface area contributed by atoms with Crippen LogP contribution in [0.15, 0.2) is 46.8 Å². The van der Waals surface area contributed by atoms with Gasteiger partial charge >= 0.3 is 0 Å². The van der Waals surface area contributed by atoms with Gasteiger partial charge < -0.3 is 20.1 Å². The second-order valence-electron chi connectivity index (χ2n) is 6.08. The number of carbonyl (C=O) groups excluding carboxylic acids is 2. The molecule has 2 amide bonds. The highest BCUT2D eigenvalue weighted by atomic mass is 35.5. The van der Waals surface area contributed by atoms with Crippen molar-refractivity contribution in [1.82, 2.24) is 15.5 Å². The summed E-state index contributed by atoms with van der Waals surface area (Å²) in [7, 11) is 3.14. The smallest absolute Gasteiger partial charge is 0.286 e. The van der Waals surface area contributed by atoms with E-state index in [0.717, 1.165) is 16.9 Å². The minimum Gasteiger partial charge on any atom is -0.497 e. The number of ether oxygens (including phenoxy) is 2. The zero-order valence-corrected chi connectivity index (χ0v) is 19.1. The highest BCUT2D eigenvalue weighted by Crippen LogP contribution is 2.25. The van der Waals surface area contributed by atoms with Crippen LogP contribution in [-0.2, 0) is 11.3 Å². The van der Waals surface area contributed by atoms with Crippen LogP contribution in [0.25, 0.3) is 0 Å². The molecule has 0 saturated carbocycles. The minimum absolute atomic E-state index is 0.136. The van der Waals surface area contributed by atoms with Gasteiger partial charge in [-0.15, -0.1) is 10.2 Å². The van der Waals surface area contributed by atoms with Crippen molar-refractivity contribution < 1.29 is 19.1 Å². The standard InChI is InChI=1S/C20H19ClN4O4S2/c1-28-15-6-7-16(29-2)12(8-15)10-22-17(26)11-30-20-25-24-19(31-20)18(27)23-14-5-3-4-13(21)9-14/h3-9H,10-11H2,1-2H3,(H,22,26)(H,23,27). The van der Waals surface area contributed by atoms with Crippen molar-refractivity contribution in [3.05, 3.63) is 58.1 Å². The maximum Gasteiger partial charge on any atom is 0.286 e. The Kier molecular flexibility index (Phi) is 8.10. The number of thioether (sulfide) groups is 1. The van der Waals surface area contributed by atoms with E-state index in [1.165, 1.54) is 11.8 Å². The van der Waals surface area contributed by atoms with Gasteiger partial charge in [0.05, 0.1) is 20.0 Å². The Morgan fingerprint density at radius 1 is 1.13 bits per heavy atom. The lowest BCUT2D eigenvalue weighted by atomic mass is 10.2. The van der Waals surface area contributed by atoms with E-state index in [2.05, 4.69) is 20.8 Å². The van der Waals surface area contributed by atoms with E-state index < -0.39 is 0 Å². The van der Waals surface area contributed by atoms with E-state index in [0.29, 0.717) is 33.1 Å². The molecule has 0 spiro atoms. The molecule has 0 aliphatic rings. The lowest BCUT2D eigenvalue weighted by molar-refractivity contribution is -0.118. The number of aromatic nitrogens is 2. The van der Waals surface area contributed by atoms with Gasteiger partial charge in [-0.2, -0.15) is 0 Å². The molecule has 0 atom stereocenters. The molecule has 0 saturated heterocycles. The van der Waals surface area contributed by atoms with E-state index in [1.54, 1.807) is 50.6 Å². The predicted octanol–water partition coefficient (Wildman–Crippen LogP) is 3.87. The number of nitrogens with zero attached hydrogens (tertiary/aromatic N) is 2. The Morgan fingerprint density at radius 2 is 1.97 bits per heavy atom. The molecule has 3 rings (SSSR count). The number of amides is 2. The molecule has 31 heavy (non-hydrogen) atoms.